The van der Waals surface area contributed by atoms with Gasteiger partial charge in [-0.05, 0) is 13.8 Å². The molecule has 8 heteroatoms. The maximum absolute atomic E-state index is 10.9. The number of rotatable bonds is 5. The fourth-order valence-electron chi connectivity index (χ4n) is 0.503. The van der Waals surface area contributed by atoms with E-state index in [2.05, 4.69) is 4.74 Å². The Morgan fingerprint density at radius 3 is 2.36 bits per heavy atom. The molecule has 0 rings (SSSR count). The van der Waals surface area contributed by atoms with Gasteiger partial charge in [0, 0.05) is 0 Å². The highest BCUT2D eigenvalue weighted by molar-refractivity contribution is 7.88. The van der Waals surface area contributed by atoms with E-state index in [0.717, 1.165) is 0 Å². The van der Waals surface area contributed by atoms with Crippen molar-refractivity contribution in [1.29, 1.82) is 0 Å². The van der Waals surface area contributed by atoms with Gasteiger partial charge < -0.3 is 4.74 Å². The molecular formula is C6H12N2O5S. The average Bonchev–Trinajstić information content (AvgIpc) is 2.00. The van der Waals surface area contributed by atoms with E-state index < -0.39 is 16.3 Å². The SMILES string of the molecule is CCOC(=O)NS(=O)(=O)NCC(C)=O. The van der Waals surface area contributed by atoms with Crippen molar-refractivity contribution in [3.8, 4) is 0 Å². The van der Waals surface area contributed by atoms with Gasteiger partial charge in [-0.3, -0.25) is 4.79 Å². The van der Waals surface area contributed by atoms with Gasteiger partial charge in [-0.1, -0.05) is 0 Å². The van der Waals surface area contributed by atoms with Crippen LogP contribution < -0.4 is 9.44 Å². The van der Waals surface area contributed by atoms with Crippen LogP contribution in [-0.2, 0) is 19.7 Å². The monoisotopic (exact) mass is 224 g/mol. The fraction of sp³-hybridized carbons (Fsp3) is 0.667. The second-order valence-electron chi connectivity index (χ2n) is 2.35. The number of Topliss-reactive ketones (excluding diaryl/α,β-unsaturated/α-hetero) is 1. The molecule has 0 saturated heterocycles. The van der Waals surface area contributed by atoms with Gasteiger partial charge >= 0.3 is 16.3 Å². The standard InChI is InChI=1S/C6H12N2O5S/c1-3-13-6(10)8-14(11,12)7-4-5(2)9/h7H,3-4H2,1-2H3,(H,8,10). The fourth-order valence-corrected chi connectivity index (χ4v) is 1.25. The summed E-state index contributed by atoms with van der Waals surface area (Å²) in [6.07, 6.45) is -1.08. The van der Waals surface area contributed by atoms with E-state index in [1.807, 2.05) is 4.72 Å². The lowest BCUT2D eigenvalue weighted by Crippen LogP contribution is -2.42. The summed E-state index contributed by atoms with van der Waals surface area (Å²) in [5.41, 5.74) is 0. The van der Waals surface area contributed by atoms with E-state index >= 15 is 0 Å². The number of ketones is 1. The molecule has 0 atom stereocenters. The first kappa shape index (κ1) is 12.8. The first-order chi connectivity index (χ1) is 6.37. The van der Waals surface area contributed by atoms with Gasteiger partial charge in [0.25, 0.3) is 0 Å². The Morgan fingerprint density at radius 1 is 1.36 bits per heavy atom. The molecule has 0 aromatic heterocycles. The molecule has 1 amide bonds. The highest BCUT2D eigenvalue weighted by atomic mass is 32.2. The molecule has 14 heavy (non-hydrogen) atoms. The lowest BCUT2D eigenvalue weighted by molar-refractivity contribution is -0.115. The maximum Gasteiger partial charge on any atom is 0.421 e. The lowest BCUT2D eigenvalue weighted by atomic mass is 10.5. The smallest absolute Gasteiger partial charge is 0.421 e. The predicted molar refractivity (Wildman–Crippen MR) is 47.8 cm³/mol. The quantitative estimate of drug-likeness (QED) is 0.633. The lowest BCUT2D eigenvalue weighted by Gasteiger charge is -2.06. The summed E-state index contributed by atoms with van der Waals surface area (Å²) in [6.45, 7) is 2.45. The maximum atomic E-state index is 10.9. The summed E-state index contributed by atoms with van der Waals surface area (Å²) >= 11 is 0. The van der Waals surface area contributed by atoms with Gasteiger partial charge in [0.05, 0.1) is 13.2 Å². The van der Waals surface area contributed by atoms with Crippen molar-refractivity contribution in [2.45, 2.75) is 13.8 Å². The molecule has 0 aliphatic heterocycles. The van der Waals surface area contributed by atoms with Crippen LogP contribution in [0.4, 0.5) is 4.79 Å². The minimum absolute atomic E-state index is 0.0636. The largest absolute Gasteiger partial charge is 0.449 e. The highest BCUT2D eigenvalue weighted by Crippen LogP contribution is 1.82. The van der Waals surface area contributed by atoms with Crippen molar-refractivity contribution in [3.05, 3.63) is 0 Å². The number of carbonyl (C=O) groups excluding carboxylic acids is 2. The van der Waals surface area contributed by atoms with E-state index in [9.17, 15) is 18.0 Å². The van der Waals surface area contributed by atoms with Crippen LogP contribution in [0.1, 0.15) is 13.8 Å². The summed E-state index contributed by atoms with van der Waals surface area (Å²) in [5.74, 6) is -0.362. The molecule has 0 saturated carbocycles. The molecule has 0 aromatic carbocycles. The number of nitrogens with one attached hydrogen (secondary N) is 2. The van der Waals surface area contributed by atoms with Crippen LogP contribution in [0.2, 0.25) is 0 Å². The Bertz CT molecular complexity index is 310. The Hall–Kier alpha value is -1.15. The third kappa shape index (κ3) is 6.38. The van der Waals surface area contributed by atoms with Gasteiger partial charge in [0.1, 0.15) is 5.78 Å². The summed E-state index contributed by atoms with van der Waals surface area (Å²) in [7, 11) is -3.99. The normalized spacial score (nSPS) is 10.7. The molecule has 0 unspecified atom stereocenters. The Labute approximate surface area is 82.0 Å². The van der Waals surface area contributed by atoms with Crippen molar-refractivity contribution in [2.75, 3.05) is 13.2 Å². The number of hydrogen-bond acceptors (Lipinski definition) is 5. The molecule has 2 N–H and O–H groups in total. The van der Waals surface area contributed by atoms with E-state index in [-0.39, 0.29) is 18.9 Å². The highest BCUT2D eigenvalue weighted by Gasteiger charge is 2.14. The first-order valence-electron chi connectivity index (χ1n) is 3.81. The molecule has 0 spiro atoms. The molecule has 0 heterocycles. The van der Waals surface area contributed by atoms with Gasteiger partial charge in [0.15, 0.2) is 0 Å². The molecule has 0 fully saturated rings. The topological polar surface area (TPSA) is 102 Å². The van der Waals surface area contributed by atoms with E-state index in [1.165, 1.54) is 13.8 Å². The van der Waals surface area contributed by atoms with Crippen molar-refractivity contribution < 1.29 is 22.7 Å². The van der Waals surface area contributed by atoms with Crippen molar-refractivity contribution in [2.24, 2.45) is 0 Å². The van der Waals surface area contributed by atoms with Crippen LogP contribution >= 0.6 is 0 Å². The molecular weight excluding hydrogens is 212 g/mol. The Kier molecular flexibility index (Phi) is 5.10. The van der Waals surface area contributed by atoms with Crippen molar-refractivity contribution in [3.63, 3.8) is 0 Å². The van der Waals surface area contributed by atoms with E-state index in [4.69, 9.17) is 0 Å². The van der Waals surface area contributed by atoms with Gasteiger partial charge in [-0.2, -0.15) is 13.1 Å². The number of carbonyl (C=O) groups is 2. The summed E-state index contributed by atoms with van der Waals surface area (Å²) in [4.78, 5) is 21.1. The van der Waals surface area contributed by atoms with Crippen molar-refractivity contribution >= 4 is 22.1 Å². The molecule has 7 nitrogen and oxygen atoms in total. The molecule has 0 radical (unpaired) electrons. The zero-order valence-corrected chi connectivity index (χ0v) is 8.68. The minimum Gasteiger partial charge on any atom is -0.449 e. The summed E-state index contributed by atoms with van der Waals surface area (Å²) in [6, 6.07) is 0. The van der Waals surface area contributed by atoms with Crippen LogP contribution in [0, 0.1) is 0 Å². The van der Waals surface area contributed by atoms with Gasteiger partial charge in [-0.25, -0.2) is 9.52 Å². The van der Waals surface area contributed by atoms with Crippen LogP contribution in [0.25, 0.3) is 0 Å². The van der Waals surface area contributed by atoms with Crippen LogP contribution in [0.15, 0.2) is 0 Å². The third-order valence-corrected chi connectivity index (χ3v) is 1.96. The third-order valence-electron chi connectivity index (χ3n) is 1.00. The van der Waals surface area contributed by atoms with Crippen molar-refractivity contribution in [1.82, 2.24) is 9.44 Å². The number of hydrogen-bond donors (Lipinski definition) is 2. The summed E-state index contributed by atoms with van der Waals surface area (Å²) in [5, 5.41) is 0. The molecule has 0 aliphatic carbocycles. The molecule has 0 bridgehead atoms. The second kappa shape index (κ2) is 5.55. The van der Waals surface area contributed by atoms with Gasteiger partial charge in [-0.15, -0.1) is 0 Å². The molecule has 0 aromatic rings. The summed E-state index contributed by atoms with van der Waals surface area (Å²) < 4.78 is 29.6. The zero-order valence-electron chi connectivity index (χ0n) is 7.86. The molecule has 82 valence electrons. The van der Waals surface area contributed by atoms with Crippen LogP contribution in [0.3, 0.4) is 0 Å². The zero-order chi connectivity index (χ0) is 11.2. The number of ether oxygens (including phenoxy) is 1. The van der Waals surface area contributed by atoms with E-state index in [0.29, 0.717) is 0 Å². The van der Waals surface area contributed by atoms with Gasteiger partial charge in [0.2, 0.25) is 0 Å². The van der Waals surface area contributed by atoms with E-state index in [1.54, 1.807) is 4.72 Å². The second-order valence-corrected chi connectivity index (χ2v) is 3.85. The first-order valence-corrected chi connectivity index (χ1v) is 5.29. The van der Waals surface area contributed by atoms with Crippen LogP contribution in [0.5, 0.6) is 0 Å². The predicted octanol–water partition coefficient (Wildman–Crippen LogP) is -0.844. The Morgan fingerprint density at radius 2 is 1.93 bits per heavy atom. The Balaban J connectivity index is 4.08. The van der Waals surface area contributed by atoms with Crippen LogP contribution in [-0.4, -0.2) is 33.4 Å². The average molecular weight is 224 g/mol. The molecule has 0 aliphatic rings. The number of amides is 1. The minimum atomic E-state index is -3.99.